The highest BCUT2D eigenvalue weighted by Gasteiger charge is 2.29. The molecule has 0 spiro atoms. The van der Waals surface area contributed by atoms with Crippen LogP contribution in [0.4, 0.5) is 0 Å². The van der Waals surface area contributed by atoms with Gasteiger partial charge in [-0.05, 0) is 31.9 Å². The van der Waals surface area contributed by atoms with Crippen LogP contribution in [0.25, 0.3) is 0 Å². The van der Waals surface area contributed by atoms with Crippen molar-refractivity contribution in [2.24, 2.45) is 0 Å². The Morgan fingerprint density at radius 3 is 2.43 bits per heavy atom. The van der Waals surface area contributed by atoms with Crippen molar-refractivity contribution in [3.8, 4) is 0 Å². The lowest BCUT2D eigenvalue weighted by Gasteiger charge is -2.34. The summed E-state index contributed by atoms with van der Waals surface area (Å²) in [7, 11) is 0. The van der Waals surface area contributed by atoms with Crippen LogP contribution in [-0.2, 0) is 5.41 Å². The zero-order chi connectivity index (χ0) is 15.7. The van der Waals surface area contributed by atoms with E-state index >= 15 is 0 Å². The second kappa shape index (κ2) is 5.96. The maximum atomic E-state index is 12.6. The average Bonchev–Trinajstić information content (AvgIpc) is 2.37. The number of carbonyl (C=O) groups is 1. The Morgan fingerprint density at radius 2 is 1.86 bits per heavy atom. The molecule has 0 aliphatic heterocycles. The highest BCUT2D eigenvalue weighted by atomic mass is 35.5. The van der Waals surface area contributed by atoms with E-state index in [4.69, 9.17) is 11.6 Å². The van der Waals surface area contributed by atoms with E-state index in [1.807, 2.05) is 6.07 Å². The van der Waals surface area contributed by atoms with E-state index in [1.54, 1.807) is 6.07 Å². The van der Waals surface area contributed by atoms with Crippen molar-refractivity contribution >= 4 is 17.5 Å². The van der Waals surface area contributed by atoms with Crippen LogP contribution >= 0.6 is 11.6 Å². The van der Waals surface area contributed by atoms with Crippen molar-refractivity contribution < 1.29 is 4.79 Å². The minimum Gasteiger partial charge on any atom is -0.347 e. The van der Waals surface area contributed by atoms with Gasteiger partial charge in [0.15, 0.2) is 0 Å². The van der Waals surface area contributed by atoms with E-state index in [2.05, 4.69) is 38.0 Å². The van der Waals surface area contributed by atoms with Crippen LogP contribution < -0.4 is 5.32 Å². The highest BCUT2D eigenvalue weighted by molar-refractivity contribution is 6.29. The van der Waals surface area contributed by atoms with Crippen LogP contribution in [0.5, 0.6) is 0 Å². The van der Waals surface area contributed by atoms with Crippen LogP contribution in [0.2, 0.25) is 5.15 Å². The zero-order valence-corrected chi connectivity index (χ0v) is 14.2. The van der Waals surface area contributed by atoms with Crippen molar-refractivity contribution in [2.45, 2.75) is 70.8 Å². The lowest BCUT2D eigenvalue weighted by molar-refractivity contribution is 0.0882. The third kappa shape index (κ3) is 4.19. The first-order valence-electron chi connectivity index (χ1n) is 7.70. The van der Waals surface area contributed by atoms with Gasteiger partial charge in [0.1, 0.15) is 5.15 Å². The number of pyridine rings is 1. The van der Waals surface area contributed by atoms with Gasteiger partial charge in [-0.1, -0.05) is 51.6 Å². The first-order chi connectivity index (χ1) is 9.70. The largest absolute Gasteiger partial charge is 0.347 e. The SMILES string of the molecule is CC1(NC(=O)c2cc(Cl)nc(C(C)(C)C)c2)CCCCC1. The van der Waals surface area contributed by atoms with E-state index in [1.165, 1.54) is 19.3 Å². The van der Waals surface area contributed by atoms with E-state index in [9.17, 15) is 4.79 Å². The molecule has 1 aromatic heterocycles. The summed E-state index contributed by atoms with van der Waals surface area (Å²) < 4.78 is 0. The molecule has 1 amide bonds. The van der Waals surface area contributed by atoms with Crippen molar-refractivity contribution in [1.82, 2.24) is 10.3 Å². The highest BCUT2D eigenvalue weighted by Crippen LogP contribution is 2.28. The molecule has 1 fully saturated rings. The Morgan fingerprint density at radius 1 is 1.24 bits per heavy atom. The zero-order valence-electron chi connectivity index (χ0n) is 13.4. The lowest BCUT2D eigenvalue weighted by Crippen LogP contribution is -2.47. The summed E-state index contributed by atoms with van der Waals surface area (Å²) in [6, 6.07) is 3.51. The quantitative estimate of drug-likeness (QED) is 0.818. The summed E-state index contributed by atoms with van der Waals surface area (Å²) in [5, 5.41) is 3.57. The number of nitrogens with one attached hydrogen (secondary N) is 1. The van der Waals surface area contributed by atoms with E-state index in [0.717, 1.165) is 18.5 Å². The molecule has 0 atom stereocenters. The molecule has 1 aromatic rings. The number of nitrogens with zero attached hydrogens (tertiary/aromatic N) is 1. The van der Waals surface area contributed by atoms with Gasteiger partial charge in [0.25, 0.3) is 5.91 Å². The predicted octanol–water partition coefficient (Wildman–Crippen LogP) is 4.49. The fraction of sp³-hybridized carbons (Fsp3) is 0.647. The number of hydrogen-bond acceptors (Lipinski definition) is 2. The lowest BCUT2D eigenvalue weighted by atomic mass is 9.83. The Bertz CT molecular complexity index is 528. The molecule has 0 unspecified atom stereocenters. The Balaban J connectivity index is 2.21. The van der Waals surface area contributed by atoms with Gasteiger partial charge in [-0.3, -0.25) is 4.79 Å². The number of amides is 1. The molecular weight excluding hydrogens is 284 g/mol. The standard InChI is InChI=1S/C17H25ClN2O/c1-16(2,3)13-10-12(11-14(18)19-13)15(21)20-17(4)8-6-5-7-9-17/h10-11H,5-9H2,1-4H3,(H,20,21). The molecule has 0 saturated heterocycles. The van der Waals surface area contributed by atoms with Gasteiger partial charge in [-0.25, -0.2) is 4.98 Å². The number of halogens is 1. The smallest absolute Gasteiger partial charge is 0.251 e. The number of hydrogen-bond donors (Lipinski definition) is 1. The molecule has 4 heteroatoms. The third-order valence-electron chi connectivity index (χ3n) is 4.20. The number of aromatic nitrogens is 1. The van der Waals surface area contributed by atoms with Crippen molar-refractivity contribution in [1.29, 1.82) is 0 Å². The van der Waals surface area contributed by atoms with Crippen LogP contribution in [0.3, 0.4) is 0 Å². The van der Waals surface area contributed by atoms with E-state index in [0.29, 0.717) is 10.7 Å². The maximum absolute atomic E-state index is 12.6. The first kappa shape index (κ1) is 16.3. The molecule has 1 heterocycles. The molecule has 2 rings (SSSR count). The van der Waals surface area contributed by atoms with E-state index < -0.39 is 0 Å². The summed E-state index contributed by atoms with van der Waals surface area (Å²) in [4.78, 5) is 16.9. The fourth-order valence-corrected chi connectivity index (χ4v) is 3.02. The predicted molar refractivity (Wildman–Crippen MR) is 86.9 cm³/mol. The molecule has 0 radical (unpaired) electrons. The Labute approximate surface area is 132 Å². The van der Waals surface area contributed by atoms with Gasteiger partial charge in [-0.2, -0.15) is 0 Å². The maximum Gasteiger partial charge on any atom is 0.251 e. The number of carbonyl (C=O) groups excluding carboxylic acids is 1. The van der Waals surface area contributed by atoms with Crippen molar-refractivity contribution in [3.63, 3.8) is 0 Å². The summed E-state index contributed by atoms with van der Waals surface area (Å²) in [5.41, 5.74) is 1.22. The molecule has 1 saturated carbocycles. The van der Waals surface area contributed by atoms with Gasteiger partial charge in [0.05, 0.1) is 0 Å². The van der Waals surface area contributed by atoms with Crippen LogP contribution in [-0.4, -0.2) is 16.4 Å². The molecule has 1 aliphatic rings. The summed E-state index contributed by atoms with van der Waals surface area (Å²) in [6.07, 6.45) is 5.72. The van der Waals surface area contributed by atoms with Gasteiger partial charge in [-0.15, -0.1) is 0 Å². The first-order valence-corrected chi connectivity index (χ1v) is 8.08. The van der Waals surface area contributed by atoms with E-state index in [-0.39, 0.29) is 16.9 Å². The monoisotopic (exact) mass is 308 g/mol. The molecule has 21 heavy (non-hydrogen) atoms. The fourth-order valence-electron chi connectivity index (χ4n) is 2.82. The second-order valence-electron chi connectivity index (χ2n) is 7.39. The third-order valence-corrected chi connectivity index (χ3v) is 4.39. The Hall–Kier alpha value is -1.09. The molecule has 116 valence electrons. The molecule has 1 aliphatic carbocycles. The Kier molecular flexibility index (Phi) is 4.62. The van der Waals surface area contributed by atoms with Crippen LogP contribution in [0.15, 0.2) is 12.1 Å². The second-order valence-corrected chi connectivity index (χ2v) is 7.78. The molecule has 3 nitrogen and oxygen atoms in total. The molecule has 0 bridgehead atoms. The normalized spacial score (nSPS) is 18.3. The average molecular weight is 309 g/mol. The van der Waals surface area contributed by atoms with Crippen molar-refractivity contribution in [2.75, 3.05) is 0 Å². The number of rotatable bonds is 2. The van der Waals surface area contributed by atoms with Gasteiger partial charge in [0.2, 0.25) is 0 Å². The minimum atomic E-state index is -0.130. The van der Waals surface area contributed by atoms with Crippen molar-refractivity contribution in [3.05, 3.63) is 28.5 Å². The summed E-state index contributed by atoms with van der Waals surface area (Å²) in [6.45, 7) is 8.33. The topological polar surface area (TPSA) is 42.0 Å². The summed E-state index contributed by atoms with van der Waals surface area (Å²) >= 11 is 6.09. The molecular formula is C17H25ClN2O. The van der Waals surface area contributed by atoms with Gasteiger partial charge in [0, 0.05) is 22.2 Å². The van der Waals surface area contributed by atoms with Gasteiger partial charge >= 0.3 is 0 Å². The van der Waals surface area contributed by atoms with Crippen LogP contribution in [0.1, 0.15) is 75.9 Å². The summed E-state index contributed by atoms with van der Waals surface area (Å²) in [5.74, 6) is -0.0470. The molecule has 1 N–H and O–H groups in total. The van der Waals surface area contributed by atoms with Crippen LogP contribution in [0, 0.1) is 0 Å². The van der Waals surface area contributed by atoms with Gasteiger partial charge < -0.3 is 5.32 Å². The minimum absolute atomic E-state index is 0.0470. The molecule has 0 aromatic carbocycles.